The van der Waals surface area contributed by atoms with E-state index < -0.39 is 0 Å². The van der Waals surface area contributed by atoms with Gasteiger partial charge in [-0.25, -0.2) is 4.98 Å². The molecule has 2 atom stereocenters. The summed E-state index contributed by atoms with van der Waals surface area (Å²) in [4.78, 5) is 7.47. The Morgan fingerprint density at radius 2 is 2.21 bits per heavy atom. The van der Waals surface area contributed by atoms with Gasteiger partial charge >= 0.3 is 0 Å². The maximum Gasteiger partial charge on any atom is 0.129 e. The van der Waals surface area contributed by atoms with Gasteiger partial charge in [-0.1, -0.05) is 13.8 Å². The lowest BCUT2D eigenvalue weighted by Gasteiger charge is -2.29. The minimum absolute atomic E-state index is 0.496. The molecule has 1 aromatic rings. The first kappa shape index (κ1) is 12.9. The fraction of sp³-hybridized carbons (Fsp3) is 0.688. The summed E-state index contributed by atoms with van der Waals surface area (Å²) < 4.78 is 0. The maximum atomic E-state index is 4.91. The molecule has 1 N–H and O–H groups in total. The summed E-state index contributed by atoms with van der Waals surface area (Å²) in [6.07, 6.45) is 4.17. The molecule has 1 saturated heterocycles. The molecule has 0 aromatic carbocycles. The average Bonchev–Trinajstić information content (AvgIpc) is 3.01. The van der Waals surface area contributed by atoms with E-state index in [9.17, 15) is 0 Å². The van der Waals surface area contributed by atoms with E-state index in [0.29, 0.717) is 5.92 Å². The van der Waals surface area contributed by atoms with Crippen molar-refractivity contribution in [3.63, 3.8) is 0 Å². The Hall–Kier alpha value is -1.09. The summed E-state index contributed by atoms with van der Waals surface area (Å²) in [5.74, 6) is 2.63. The number of pyridine rings is 1. The summed E-state index contributed by atoms with van der Waals surface area (Å²) in [6, 6.07) is 5.28. The Morgan fingerprint density at radius 1 is 1.37 bits per heavy atom. The van der Waals surface area contributed by atoms with E-state index >= 15 is 0 Å². The molecule has 2 bridgehead atoms. The number of rotatable bonds is 4. The molecule has 2 unspecified atom stereocenters. The van der Waals surface area contributed by atoms with Crippen molar-refractivity contribution in [1.82, 2.24) is 10.3 Å². The zero-order valence-electron chi connectivity index (χ0n) is 12.3. The van der Waals surface area contributed by atoms with Crippen LogP contribution in [-0.2, 0) is 6.54 Å². The van der Waals surface area contributed by atoms with E-state index in [1.54, 1.807) is 0 Å². The first-order valence-corrected chi connectivity index (χ1v) is 7.59. The van der Waals surface area contributed by atoms with Gasteiger partial charge in [0.05, 0.1) is 0 Å². The van der Waals surface area contributed by atoms with E-state index in [0.717, 1.165) is 18.5 Å². The highest BCUT2D eigenvalue weighted by atomic mass is 15.2. The minimum Gasteiger partial charge on any atom is -0.353 e. The van der Waals surface area contributed by atoms with Crippen LogP contribution in [0.1, 0.15) is 50.3 Å². The smallest absolute Gasteiger partial charge is 0.129 e. The average molecular weight is 259 g/mol. The van der Waals surface area contributed by atoms with Crippen molar-refractivity contribution in [3.8, 4) is 0 Å². The van der Waals surface area contributed by atoms with Crippen molar-refractivity contribution in [2.45, 2.75) is 51.6 Å². The van der Waals surface area contributed by atoms with Crippen molar-refractivity contribution >= 4 is 5.82 Å². The molecule has 1 aliphatic carbocycles. The zero-order valence-corrected chi connectivity index (χ0v) is 12.3. The lowest BCUT2D eigenvalue weighted by Crippen LogP contribution is -2.33. The van der Waals surface area contributed by atoms with Gasteiger partial charge in [-0.2, -0.15) is 0 Å². The second-order valence-corrected chi connectivity index (χ2v) is 6.43. The van der Waals surface area contributed by atoms with Gasteiger partial charge in [0, 0.05) is 24.8 Å². The van der Waals surface area contributed by atoms with Crippen LogP contribution in [0.15, 0.2) is 12.1 Å². The number of anilines is 1. The standard InChI is InChI=1S/C16H25N3/c1-11(2)15-7-13(9-17-3)8-16(18-15)19-10-12-4-5-14(19)6-12/h7-8,11-12,14,17H,4-6,9-10H2,1-3H3. The first-order chi connectivity index (χ1) is 9.17. The van der Waals surface area contributed by atoms with E-state index in [2.05, 4.69) is 36.2 Å². The van der Waals surface area contributed by atoms with Gasteiger partial charge in [0.1, 0.15) is 5.82 Å². The Labute approximate surface area is 116 Å². The van der Waals surface area contributed by atoms with Crippen LogP contribution in [0.4, 0.5) is 5.82 Å². The summed E-state index contributed by atoms with van der Waals surface area (Å²) in [5.41, 5.74) is 2.59. The molecule has 1 saturated carbocycles. The van der Waals surface area contributed by atoms with Crippen LogP contribution in [0.3, 0.4) is 0 Å². The van der Waals surface area contributed by atoms with Crippen LogP contribution >= 0.6 is 0 Å². The molecule has 3 rings (SSSR count). The molecular weight excluding hydrogens is 234 g/mol. The number of hydrogen-bond acceptors (Lipinski definition) is 3. The molecule has 2 heterocycles. The molecular formula is C16H25N3. The minimum atomic E-state index is 0.496. The van der Waals surface area contributed by atoms with E-state index in [-0.39, 0.29) is 0 Å². The first-order valence-electron chi connectivity index (χ1n) is 7.59. The predicted octanol–water partition coefficient (Wildman–Crippen LogP) is 2.91. The van der Waals surface area contributed by atoms with E-state index in [1.165, 1.54) is 42.9 Å². The lowest BCUT2D eigenvalue weighted by atomic mass is 10.1. The number of piperidine rings is 1. The van der Waals surface area contributed by atoms with Gasteiger partial charge < -0.3 is 10.2 Å². The van der Waals surface area contributed by atoms with E-state index in [1.807, 2.05) is 7.05 Å². The van der Waals surface area contributed by atoms with Gasteiger partial charge in [-0.15, -0.1) is 0 Å². The highest BCUT2D eigenvalue weighted by Crippen LogP contribution is 2.40. The number of aromatic nitrogens is 1. The fourth-order valence-electron chi connectivity index (χ4n) is 3.55. The van der Waals surface area contributed by atoms with Crippen molar-refractivity contribution in [3.05, 3.63) is 23.4 Å². The monoisotopic (exact) mass is 259 g/mol. The normalized spacial score (nSPS) is 25.6. The second-order valence-electron chi connectivity index (χ2n) is 6.43. The summed E-state index contributed by atoms with van der Waals surface area (Å²) in [7, 11) is 2.01. The number of fused-ring (bicyclic) bond motifs is 2. The highest BCUT2D eigenvalue weighted by Gasteiger charge is 2.38. The molecule has 1 aliphatic heterocycles. The highest BCUT2D eigenvalue weighted by molar-refractivity contribution is 5.46. The van der Waals surface area contributed by atoms with Crippen molar-refractivity contribution in [2.24, 2.45) is 5.92 Å². The third-order valence-corrected chi connectivity index (χ3v) is 4.57. The summed E-state index contributed by atoms with van der Waals surface area (Å²) >= 11 is 0. The van der Waals surface area contributed by atoms with Gasteiger partial charge in [-0.3, -0.25) is 0 Å². The Kier molecular flexibility index (Phi) is 3.48. The van der Waals surface area contributed by atoms with Crippen LogP contribution in [0, 0.1) is 5.92 Å². The third kappa shape index (κ3) is 2.48. The molecule has 0 spiro atoms. The Balaban J connectivity index is 1.91. The van der Waals surface area contributed by atoms with E-state index in [4.69, 9.17) is 4.98 Å². The number of nitrogens with zero attached hydrogens (tertiary/aromatic N) is 2. The number of hydrogen-bond donors (Lipinski definition) is 1. The fourth-order valence-corrected chi connectivity index (χ4v) is 3.55. The molecule has 0 radical (unpaired) electrons. The molecule has 0 amide bonds. The third-order valence-electron chi connectivity index (χ3n) is 4.57. The molecule has 2 fully saturated rings. The van der Waals surface area contributed by atoms with Crippen LogP contribution in [0.25, 0.3) is 0 Å². The molecule has 104 valence electrons. The molecule has 19 heavy (non-hydrogen) atoms. The van der Waals surface area contributed by atoms with Crippen LogP contribution in [0.5, 0.6) is 0 Å². The van der Waals surface area contributed by atoms with Crippen molar-refractivity contribution in [2.75, 3.05) is 18.5 Å². The van der Waals surface area contributed by atoms with Gasteiger partial charge in [0.25, 0.3) is 0 Å². The second kappa shape index (κ2) is 5.12. The predicted molar refractivity (Wildman–Crippen MR) is 79.6 cm³/mol. The molecule has 3 heteroatoms. The molecule has 2 aliphatic rings. The van der Waals surface area contributed by atoms with Gasteiger partial charge in [0.15, 0.2) is 0 Å². The van der Waals surface area contributed by atoms with Gasteiger partial charge in [0.2, 0.25) is 0 Å². The Bertz CT molecular complexity index is 455. The summed E-state index contributed by atoms with van der Waals surface area (Å²) in [5, 5.41) is 3.26. The SMILES string of the molecule is CNCc1cc(C(C)C)nc(N2CC3CCC2C3)c1. The number of nitrogens with one attached hydrogen (secondary N) is 1. The topological polar surface area (TPSA) is 28.2 Å². The van der Waals surface area contributed by atoms with Crippen LogP contribution < -0.4 is 10.2 Å². The molecule has 3 nitrogen and oxygen atoms in total. The molecule has 1 aromatic heterocycles. The maximum absolute atomic E-state index is 4.91. The quantitative estimate of drug-likeness (QED) is 0.901. The van der Waals surface area contributed by atoms with Crippen LogP contribution in [-0.4, -0.2) is 24.6 Å². The van der Waals surface area contributed by atoms with Gasteiger partial charge in [-0.05, 0) is 55.8 Å². The summed E-state index contributed by atoms with van der Waals surface area (Å²) in [6.45, 7) is 6.60. The largest absolute Gasteiger partial charge is 0.353 e. The lowest BCUT2D eigenvalue weighted by molar-refractivity contribution is 0.549. The Morgan fingerprint density at radius 3 is 2.79 bits per heavy atom. The van der Waals surface area contributed by atoms with Crippen LogP contribution in [0.2, 0.25) is 0 Å². The van der Waals surface area contributed by atoms with Crippen molar-refractivity contribution < 1.29 is 0 Å². The zero-order chi connectivity index (χ0) is 13.4. The van der Waals surface area contributed by atoms with Crippen molar-refractivity contribution in [1.29, 1.82) is 0 Å².